The van der Waals surface area contributed by atoms with Crippen molar-refractivity contribution in [2.75, 3.05) is 13.2 Å². The number of halogens is 6. The fourth-order valence-corrected chi connectivity index (χ4v) is 1.52. The second-order valence-corrected chi connectivity index (χ2v) is 4.29. The summed E-state index contributed by atoms with van der Waals surface area (Å²) in [5, 5.41) is 0. The number of alkyl halides is 6. The Bertz CT molecular complexity index is 411. The molecule has 2 N–H and O–H groups in total. The van der Waals surface area contributed by atoms with Crippen molar-refractivity contribution in [3.63, 3.8) is 0 Å². The van der Waals surface area contributed by atoms with Crippen LogP contribution in [0.2, 0.25) is 0 Å². The summed E-state index contributed by atoms with van der Waals surface area (Å²) in [6.07, 6.45) is -8.71. The molecule has 2 nitrogen and oxygen atoms in total. The summed E-state index contributed by atoms with van der Waals surface area (Å²) in [7, 11) is 0. The third-order valence-electron chi connectivity index (χ3n) is 2.38. The Labute approximate surface area is 111 Å². The van der Waals surface area contributed by atoms with Crippen LogP contribution in [0.25, 0.3) is 0 Å². The third kappa shape index (κ3) is 6.25. The molecule has 0 radical (unpaired) electrons. The van der Waals surface area contributed by atoms with Crippen molar-refractivity contribution in [2.45, 2.75) is 24.8 Å². The van der Waals surface area contributed by atoms with Crippen LogP contribution in [0.5, 0.6) is 0 Å². The van der Waals surface area contributed by atoms with Crippen LogP contribution in [0.3, 0.4) is 0 Å². The smallest absolute Gasteiger partial charge is 0.370 e. The van der Waals surface area contributed by atoms with Crippen molar-refractivity contribution in [2.24, 2.45) is 5.73 Å². The van der Waals surface area contributed by atoms with Gasteiger partial charge in [0.1, 0.15) is 6.61 Å². The highest BCUT2D eigenvalue weighted by atomic mass is 19.4. The summed E-state index contributed by atoms with van der Waals surface area (Å²) in [5.41, 5.74) is 5.26. The maximum absolute atomic E-state index is 12.3. The summed E-state index contributed by atoms with van der Waals surface area (Å²) < 4.78 is 76.8. The van der Waals surface area contributed by atoms with Gasteiger partial charge in [0.05, 0.1) is 12.2 Å². The van der Waals surface area contributed by atoms with Gasteiger partial charge in [-0.15, -0.1) is 0 Å². The molecule has 0 saturated carbocycles. The molecule has 0 heterocycles. The summed E-state index contributed by atoms with van der Waals surface area (Å²) in [5.74, 6) is 0. The molecule has 0 spiro atoms. The first kappa shape index (κ1) is 16.8. The molecule has 8 heteroatoms. The minimum absolute atomic E-state index is 0.135. The lowest BCUT2D eigenvalue weighted by Gasteiger charge is -2.14. The number of nitrogens with two attached hydrogens (primary N) is 1. The van der Waals surface area contributed by atoms with Gasteiger partial charge in [0.25, 0.3) is 0 Å². The minimum Gasteiger partial charge on any atom is -0.370 e. The SMILES string of the molecule is NC(COCC(F)(F)F)Cc1ccc(C(F)(F)F)cc1. The van der Waals surface area contributed by atoms with Crippen molar-refractivity contribution in [3.8, 4) is 0 Å². The van der Waals surface area contributed by atoms with E-state index >= 15 is 0 Å². The van der Waals surface area contributed by atoms with Crippen LogP contribution < -0.4 is 5.73 Å². The lowest BCUT2D eigenvalue weighted by atomic mass is 10.0. The second kappa shape index (κ2) is 6.45. The molecule has 1 rings (SSSR count). The summed E-state index contributed by atoms with van der Waals surface area (Å²) >= 11 is 0. The van der Waals surface area contributed by atoms with Crippen LogP contribution in [0.4, 0.5) is 26.3 Å². The fraction of sp³-hybridized carbons (Fsp3) is 0.500. The number of hydrogen-bond acceptors (Lipinski definition) is 2. The minimum atomic E-state index is -4.42. The lowest BCUT2D eigenvalue weighted by Crippen LogP contribution is -2.31. The molecule has 0 aromatic heterocycles. The molecular formula is C12H13F6NO. The molecule has 1 aromatic carbocycles. The number of ether oxygens (including phenoxy) is 1. The Morgan fingerprint density at radius 3 is 2.00 bits per heavy atom. The Balaban J connectivity index is 2.44. The zero-order valence-corrected chi connectivity index (χ0v) is 10.3. The first-order valence-corrected chi connectivity index (χ1v) is 5.64. The van der Waals surface area contributed by atoms with Crippen molar-refractivity contribution >= 4 is 0 Å². The van der Waals surface area contributed by atoms with E-state index in [1.807, 2.05) is 0 Å². The van der Waals surface area contributed by atoms with Gasteiger partial charge in [0, 0.05) is 6.04 Å². The number of rotatable bonds is 5. The standard InChI is InChI=1S/C12H13F6NO/c13-11(14,15)7-20-6-10(19)5-8-1-3-9(4-2-8)12(16,17)18/h1-4,10H,5-7,19H2. The van der Waals surface area contributed by atoms with Crippen LogP contribution in [-0.4, -0.2) is 25.4 Å². The van der Waals surface area contributed by atoms with Crippen molar-refractivity contribution in [3.05, 3.63) is 35.4 Å². The van der Waals surface area contributed by atoms with Gasteiger partial charge in [-0.2, -0.15) is 26.3 Å². The first-order chi connectivity index (χ1) is 9.08. The van der Waals surface area contributed by atoms with Crippen LogP contribution in [-0.2, 0) is 17.3 Å². The van der Waals surface area contributed by atoms with E-state index in [9.17, 15) is 26.3 Å². The Morgan fingerprint density at radius 2 is 1.55 bits per heavy atom. The van der Waals surface area contributed by atoms with Gasteiger partial charge in [-0.25, -0.2) is 0 Å². The van der Waals surface area contributed by atoms with Crippen LogP contribution >= 0.6 is 0 Å². The molecule has 0 saturated heterocycles. The van der Waals surface area contributed by atoms with Gasteiger partial charge >= 0.3 is 12.4 Å². The quantitative estimate of drug-likeness (QED) is 0.848. The van der Waals surface area contributed by atoms with E-state index in [2.05, 4.69) is 4.74 Å². The van der Waals surface area contributed by atoms with Crippen LogP contribution in [0, 0.1) is 0 Å². The van der Waals surface area contributed by atoms with E-state index in [4.69, 9.17) is 5.73 Å². The predicted octanol–water partition coefficient (Wildman–Crippen LogP) is 3.15. The van der Waals surface area contributed by atoms with E-state index < -0.39 is 30.6 Å². The predicted molar refractivity (Wildman–Crippen MR) is 60.0 cm³/mol. The molecule has 0 aliphatic heterocycles. The first-order valence-electron chi connectivity index (χ1n) is 5.64. The summed E-state index contributed by atoms with van der Waals surface area (Å²) in [6.45, 7) is -1.71. The molecule has 0 aliphatic carbocycles. The highest BCUT2D eigenvalue weighted by Gasteiger charge is 2.30. The van der Waals surface area contributed by atoms with E-state index in [1.165, 1.54) is 12.1 Å². The highest BCUT2D eigenvalue weighted by molar-refractivity contribution is 5.25. The van der Waals surface area contributed by atoms with Gasteiger partial charge in [-0.1, -0.05) is 12.1 Å². The van der Waals surface area contributed by atoms with Crippen molar-refractivity contribution in [1.82, 2.24) is 0 Å². The second-order valence-electron chi connectivity index (χ2n) is 4.29. The largest absolute Gasteiger partial charge is 0.416 e. The summed E-state index contributed by atoms with van der Waals surface area (Å²) in [6, 6.07) is 3.57. The number of hydrogen-bond donors (Lipinski definition) is 1. The van der Waals surface area contributed by atoms with E-state index in [0.717, 1.165) is 12.1 Å². The van der Waals surface area contributed by atoms with Gasteiger partial charge in [-0.05, 0) is 24.1 Å². The Kier molecular flexibility index (Phi) is 5.41. The fourth-order valence-electron chi connectivity index (χ4n) is 1.52. The van der Waals surface area contributed by atoms with Crippen molar-refractivity contribution in [1.29, 1.82) is 0 Å². The van der Waals surface area contributed by atoms with Gasteiger partial charge in [0.15, 0.2) is 0 Å². The Morgan fingerprint density at radius 1 is 1.00 bits per heavy atom. The Hall–Kier alpha value is -1.28. The summed E-state index contributed by atoms with van der Waals surface area (Å²) in [4.78, 5) is 0. The van der Waals surface area contributed by atoms with Gasteiger partial charge < -0.3 is 10.5 Å². The number of benzene rings is 1. The topological polar surface area (TPSA) is 35.2 Å². The third-order valence-corrected chi connectivity index (χ3v) is 2.38. The molecule has 1 aromatic rings. The highest BCUT2D eigenvalue weighted by Crippen LogP contribution is 2.29. The normalized spacial score (nSPS) is 14.3. The molecule has 0 aliphatic rings. The van der Waals surface area contributed by atoms with E-state index in [1.54, 1.807) is 0 Å². The van der Waals surface area contributed by atoms with Crippen LogP contribution in [0.1, 0.15) is 11.1 Å². The molecule has 1 unspecified atom stereocenters. The van der Waals surface area contributed by atoms with Crippen LogP contribution in [0.15, 0.2) is 24.3 Å². The van der Waals surface area contributed by atoms with Gasteiger partial charge in [0.2, 0.25) is 0 Å². The zero-order valence-electron chi connectivity index (χ0n) is 10.3. The molecule has 1 atom stereocenters. The molecule has 0 fully saturated rings. The molecule has 0 amide bonds. The average Bonchev–Trinajstić information content (AvgIpc) is 2.26. The average molecular weight is 301 g/mol. The van der Waals surface area contributed by atoms with E-state index in [-0.39, 0.29) is 13.0 Å². The molecule has 20 heavy (non-hydrogen) atoms. The molecule has 0 bridgehead atoms. The molecular weight excluding hydrogens is 288 g/mol. The van der Waals surface area contributed by atoms with E-state index in [0.29, 0.717) is 5.56 Å². The van der Waals surface area contributed by atoms with Gasteiger partial charge in [-0.3, -0.25) is 0 Å². The maximum atomic E-state index is 12.3. The lowest BCUT2D eigenvalue weighted by molar-refractivity contribution is -0.174. The monoisotopic (exact) mass is 301 g/mol. The molecule has 114 valence electrons. The maximum Gasteiger partial charge on any atom is 0.416 e. The zero-order chi connectivity index (χ0) is 15.4. The van der Waals surface area contributed by atoms with Crippen molar-refractivity contribution < 1.29 is 31.1 Å².